The monoisotopic (exact) mass is 456 g/mol. The Balaban J connectivity index is 1.63. The van der Waals surface area contributed by atoms with Gasteiger partial charge in [-0.25, -0.2) is 4.98 Å². The number of nitrogens with zero attached hydrogens (tertiary/aromatic N) is 3. The molecule has 1 aliphatic rings. The van der Waals surface area contributed by atoms with Gasteiger partial charge in [-0.05, 0) is 62.6 Å². The summed E-state index contributed by atoms with van der Waals surface area (Å²) in [5.41, 5.74) is 1.22. The predicted molar refractivity (Wildman–Crippen MR) is 127 cm³/mol. The maximum absolute atomic E-state index is 13.0. The van der Waals surface area contributed by atoms with Crippen LogP contribution in [0.1, 0.15) is 42.7 Å². The topological polar surface area (TPSA) is 111 Å². The average molecular weight is 457 g/mol. The summed E-state index contributed by atoms with van der Waals surface area (Å²) in [6.07, 6.45) is 6.39. The Hall–Kier alpha value is -4.04. The molecular formula is C26H24N4O4. The van der Waals surface area contributed by atoms with Crippen molar-refractivity contribution in [2.24, 2.45) is 0 Å². The second-order valence-corrected chi connectivity index (χ2v) is 9.10. The SMILES string of the molecule is CC(C)(O)c1ccc(-c2cccc(-n3cc(C(=O)NC4CC4)c(=O)c4cccnc43)c2)c[n+]1[O-]. The summed E-state index contributed by atoms with van der Waals surface area (Å²) >= 11 is 0. The molecule has 2 N–H and O–H groups in total. The smallest absolute Gasteiger partial charge is 0.257 e. The highest BCUT2D eigenvalue weighted by atomic mass is 16.5. The second kappa shape index (κ2) is 8.07. The number of pyridine rings is 3. The van der Waals surface area contributed by atoms with Gasteiger partial charge in [0.25, 0.3) is 5.91 Å². The van der Waals surface area contributed by atoms with Crippen molar-refractivity contribution in [2.75, 3.05) is 0 Å². The number of nitrogens with one attached hydrogen (secondary N) is 1. The number of hydrogen-bond donors (Lipinski definition) is 2. The third-order valence-electron chi connectivity index (χ3n) is 5.92. The Morgan fingerprint density at radius 3 is 2.68 bits per heavy atom. The van der Waals surface area contributed by atoms with E-state index >= 15 is 0 Å². The fraction of sp³-hybridized carbons (Fsp3) is 0.231. The molecule has 0 aliphatic heterocycles. The van der Waals surface area contributed by atoms with E-state index in [4.69, 9.17) is 0 Å². The molecule has 1 aliphatic carbocycles. The summed E-state index contributed by atoms with van der Waals surface area (Å²) in [6, 6.07) is 14.2. The first-order valence-corrected chi connectivity index (χ1v) is 11.1. The molecule has 1 aromatic carbocycles. The molecule has 1 fully saturated rings. The van der Waals surface area contributed by atoms with Crippen molar-refractivity contribution < 1.29 is 14.6 Å². The summed E-state index contributed by atoms with van der Waals surface area (Å²) in [4.78, 5) is 30.2. The van der Waals surface area contributed by atoms with Gasteiger partial charge in [-0.2, -0.15) is 4.73 Å². The van der Waals surface area contributed by atoms with Crippen LogP contribution in [0.5, 0.6) is 0 Å². The van der Waals surface area contributed by atoms with Crippen LogP contribution in [0.25, 0.3) is 27.8 Å². The number of aliphatic hydroxyl groups is 1. The standard InChI is InChI=1S/C26H24N4O4/c1-26(2,33)22-11-8-17(14-30(22)34)16-5-3-6-19(13-16)29-15-21(25(32)28-18-9-10-18)23(31)20-7-4-12-27-24(20)29/h3-8,11-15,18,33H,9-10H2,1-2H3,(H,28,32). The second-order valence-electron chi connectivity index (χ2n) is 9.10. The zero-order valence-electron chi connectivity index (χ0n) is 18.9. The van der Waals surface area contributed by atoms with Gasteiger partial charge in [0.15, 0.2) is 6.20 Å². The highest BCUT2D eigenvalue weighted by Crippen LogP contribution is 2.25. The zero-order valence-corrected chi connectivity index (χ0v) is 18.9. The number of carbonyl (C=O) groups is 1. The lowest BCUT2D eigenvalue weighted by molar-refractivity contribution is -0.621. The minimum absolute atomic E-state index is 0.0599. The van der Waals surface area contributed by atoms with E-state index in [-0.39, 0.29) is 22.7 Å². The minimum atomic E-state index is -1.26. The van der Waals surface area contributed by atoms with Gasteiger partial charge in [0.1, 0.15) is 16.8 Å². The Labute approximate surface area is 195 Å². The molecule has 0 spiro atoms. The van der Waals surface area contributed by atoms with E-state index in [1.807, 2.05) is 24.3 Å². The van der Waals surface area contributed by atoms with Crippen molar-refractivity contribution in [1.29, 1.82) is 0 Å². The molecule has 1 amide bonds. The molecule has 3 aromatic heterocycles. The van der Waals surface area contributed by atoms with Crippen molar-refractivity contribution in [3.63, 3.8) is 0 Å². The van der Waals surface area contributed by atoms with E-state index < -0.39 is 11.5 Å². The minimum Gasteiger partial charge on any atom is -0.618 e. The van der Waals surface area contributed by atoms with Gasteiger partial charge in [0.2, 0.25) is 11.1 Å². The summed E-state index contributed by atoms with van der Waals surface area (Å²) in [7, 11) is 0. The largest absolute Gasteiger partial charge is 0.618 e. The number of amides is 1. The van der Waals surface area contributed by atoms with E-state index in [0.29, 0.717) is 27.0 Å². The quantitative estimate of drug-likeness (QED) is 0.354. The average Bonchev–Trinajstić information content (AvgIpc) is 3.62. The van der Waals surface area contributed by atoms with Crippen molar-refractivity contribution in [3.05, 3.63) is 93.8 Å². The highest BCUT2D eigenvalue weighted by molar-refractivity contribution is 5.97. The summed E-state index contributed by atoms with van der Waals surface area (Å²) in [5.74, 6) is -0.391. The van der Waals surface area contributed by atoms with E-state index in [2.05, 4.69) is 10.3 Å². The molecule has 0 saturated heterocycles. The summed E-state index contributed by atoms with van der Waals surface area (Å²) in [5, 5.41) is 25.9. The van der Waals surface area contributed by atoms with Crippen LogP contribution in [-0.4, -0.2) is 26.6 Å². The number of rotatable bonds is 5. The van der Waals surface area contributed by atoms with Gasteiger partial charge in [-0.15, -0.1) is 0 Å². The first kappa shape index (κ1) is 21.8. The fourth-order valence-corrected chi connectivity index (χ4v) is 3.97. The maximum Gasteiger partial charge on any atom is 0.257 e. The van der Waals surface area contributed by atoms with Crippen LogP contribution < -0.4 is 15.5 Å². The normalized spacial score (nSPS) is 13.7. The number of aromatic nitrogens is 3. The highest BCUT2D eigenvalue weighted by Gasteiger charge is 2.27. The molecule has 8 heteroatoms. The maximum atomic E-state index is 13.0. The van der Waals surface area contributed by atoms with Crippen LogP contribution in [-0.2, 0) is 5.60 Å². The van der Waals surface area contributed by atoms with E-state index in [0.717, 1.165) is 18.4 Å². The first-order chi connectivity index (χ1) is 16.2. The molecular weight excluding hydrogens is 432 g/mol. The molecule has 0 bridgehead atoms. The zero-order chi connectivity index (χ0) is 24.0. The lowest BCUT2D eigenvalue weighted by atomic mass is 10.0. The van der Waals surface area contributed by atoms with Gasteiger partial charge >= 0.3 is 0 Å². The van der Waals surface area contributed by atoms with Gasteiger partial charge in [-0.1, -0.05) is 12.1 Å². The number of carbonyl (C=O) groups excluding carboxylic acids is 1. The van der Waals surface area contributed by atoms with Crippen molar-refractivity contribution >= 4 is 16.9 Å². The number of hydrogen-bond acceptors (Lipinski definition) is 5. The van der Waals surface area contributed by atoms with E-state index in [9.17, 15) is 19.9 Å². The molecule has 8 nitrogen and oxygen atoms in total. The van der Waals surface area contributed by atoms with E-state index in [1.165, 1.54) is 12.4 Å². The number of fused-ring (bicyclic) bond motifs is 1. The van der Waals surface area contributed by atoms with Gasteiger partial charge in [0.05, 0.1) is 5.39 Å². The van der Waals surface area contributed by atoms with Gasteiger partial charge < -0.3 is 20.2 Å². The Morgan fingerprint density at radius 1 is 1.18 bits per heavy atom. The van der Waals surface area contributed by atoms with Crippen LogP contribution in [0, 0.1) is 5.21 Å². The Kier molecular flexibility index (Phi) is 5.17. The molecule has 0 atom stereocenters. The Bertz CT molecular complexity index is 1480. The van der Waals surface area contributed by atoms with Crippen molar-refractivity contribution in [2.45, 2.75) is 38.3 Å². The lowest BCUT2D eigenvalue weighted by Gasteiger charge is -2.17. The van der Waals surface area contributed by atoms with Crippen LogP contribution in [0.2, 0.25) is 0 Å². The van der Waals surface area contributed by atoms with Crippen LogP contribution >= 0.6 is 0 Å². The third kappa shape index (κ3) is 4.04. The molecule has 172 valence electrons. The fourth-order valence-electron chi connectivity index (χ4n) is 3.97. The van der Waals surface area contributed by atoms with Crippen molar-refractivity contribution in [1.82, 2.24) is 14.9 Å². The molecule has 1 saturated carbocycles. The third-order valence-corrected chi connectivity index (χ3v) is 5.92. The molecule has 34 heavy (non-hydrogen) atoms. The summed E-state index contributed by atoms with van der Waals surface area (Å²) < 4.78 is 2.39. The van der Waals surface area contributed by atoms with E-state index in [1.54, 1.807) is 48.9 Å². The van der Waals surface area contributed by atoms with Crippen molar-refractivity contribution in [3.8, 4) is 16.8 Å². The Morgan fingerprint density at radius 2 is 1.97 bits per heavy atom. The van der Waals surface area contributed by atoms with Crippen LogP contribution in [0.4, 0.5) is 0 Å². The molecule has 5 rings (SSSR count). The van der Waals surface area contributed by atoms with Crippen LogP contribution in [0.3, 0.4) is 0 Å². The van der Waals surface area contributed by atoms with Gasteiger partial charge in [-0.3, -0.25) is 9.59 Å². The first-order valence-electron chi connectivity index (χ1n) is 11.1. The lowest BCUT2D eigenvalue weighted by Crippen LogP contribution is -2.39. The van der Waals surface area contributed by atoms with Gasteiger partial charge in [0, 0.05) is 35.8 Å². The van der Waals surface area contributed by atoms with Crippen LogP contribution in [0.15, 0.2) is 71.9 Å². The molecule has 4 aromatic rings. The summed E-state index contributed by atoms with van der Waals surface area (Å²) in [6.45, 7) is 3.12. The number of benzene rings is 1. The predicted octanol–water partition coefficient (Wildman–Crippen LogP) is 2.81. The molecule has 0 unspecified atom stereocenters. The molecule has 3 heterocycles. The molecule has 0 radical (unpaired) electrons.